The molecule has 0 spiro atoms. The van der Waals surface area contributed by atoms with Gasteiger partial charge in [-0.3, -0.25) is 0 Å². The van der Waals surface area contributed by atoms with Crippen LogP contribution in [0.1, 0.15) is 20.3 Å². The van der Waals surface area contributed by atoms with Crippen molar-refractivity contribution in [1.29, 1.82) is 0 Å². The number of nitrogens with two attached hydrogens (primary N) is 1. The summed E-state index contributed by atoms with van der Waals surface area (Å²) in [5, 5.41) is 0. The normalized spacial score (nSPS) is 11.9. The van der Waals surface area contributed by atoms with E-state index in [2.05, 4.69) is 9.97 Å². The van der Waals surface area contributed by atoms with Crippen LogP contribution in [0.2, 0.25) is 0 Å². The molecule has 0 amide bonds. The summed E-state index contributed by atoms with van der Waals surface area (Å²) in [5.74, 6) is 0. The first kappa shape index (κ1) is 12.7. The number of aromatic nitrogens is 2. The molecule has 5 nitrogen and oxygen atoms in total. The minimum Gasteiger partial charge on any atom is -0.465 e. The van der Waals surface area contributed by atoms with Crippen LogP contribution in [0, 0.1) is 0 Å². The summed E-state index contributed by atoms with van der Waals surface area (Å²) in [5.41, 5.74) is 7.96. The van der Waals surface area contributed by atoms with Crippen LogP contribution in [0.3, 0.4) is 0 Å². The second-order valence-corrected chi connectivity index (χ2v) is 4.88. The zero-order valence-corrected chi connectivity index (χ0v) is 11.0. The first-order chi connectivity index (χ1) is 8.50. The average Bonchev–Trinajstić information content (AvgIpc) is 2.70. The maximum atomic E-state index is 5.70. The van der Waals surface area contributed by atoms with Crippen LogP contribution < -0.4 is 10.5 Å². The van der Waals surface area contributed by atoms with E-state index in [9.17, 15) is 0 Å². The number of ether oxygens (including phenoxy) is 2. The number of methoxy groups -OCH3 is 1. The van der Waals surface area contributed by atoms with Gasteiger partial charge < -0.3 is 20.2 Å². The molecule has 1 heterocycles. The monoisotopic (exact) mass is 249 g/mol. The maximum absolute atomic E-state index is 5.70. The molecule has 18 heavy (non-hydrogen) atoms. The molecule has 5 heteroatoms. The molecule has 0 aliphatic carbocycles. The molecule has 0 bridgehead atoms. The Morgan fingerprint density at radius 3 is 2.89 bits per heavy atom. The molecular weight excluding hydrogens is 230 g/mol. The van der Waals surface area contributed by atoms with Gasteiger partial charge in [-0.1, -0.05) is 0 Å². The van der Waals surface area contributed by atoms with Crippen molar-refractivity contribution >= 4 is 16.7 Å². The van der Waals surface area contributed by atoms with Gasteiger partial charge in [0.1, 0.15) is 0 Å². The number of nitrogen functional groups attached to an aromatic ring is 1. The van der Waals surface area contributed by atoms with Gasteiger partial charge in [0, 0.05) is 19.2 Å². The van der Waals surface area contributed by atoms with Gasteiger partial charge in [-0.2, -0.15) is 4.98 Å². The number of imidazole rings is 1. The number of aromatic amines is 1. The Bertz CT molecular complexity index is 534. The number of hydrogen-bond acceptors (Lipinski definition) is 4. The fraction of sp³-hybridized carbons (Fsp3) is 0.462. The molecule has 0 aliphatic heterocycles. The number of benzene rings is 1. The molecule has 0 saturated carbocycles. The van der Waals surface area contributed by atoms with Crippen molar-refractivity contribution < 1.29 is 9.47 Å². The molecule has 2 aromatic rings. The Morgan fingerprint density at radius 1 is 1.39 bits per heavy atom. The van der Waals surface area contributed by atoms with Crippen molar-refractivity contribution in [2.75, 3.05) is 19.5 Å². The fourth-order valence-electron chi connectivity index (χ4n) is 1.57. The van der Waals surface area contributed by atoms with Gasteiger partial charge >= 0.3 is 0 Å². The van der Waals surface area contributed by atoms with Gasteiger partial charge in [-0.05, 0) is 32.0 Å². The van der Waals surface area contributed by atoms with Gasteiger partial charge in [0.15, 0.2) is 0 Å². The Labute approximate surface area is 106 Å². The first-order valence-electron chi connectivity index (χ1n) is 5.93. The summed E-state index contributed by atoms with van der Waals surface area (Å²) in [6.07, 6.45) is 0.794. The molecule has 0 saturated heterocycles. The lowest BCUT2D eigenvalue weighted by atomic mass is 10.1. The smallest absolute Gasteiger partial charge is 0.294 e. The fourth-order valence-corrected chi connectivity index (χ4v) is 1.57. The van der Waals surface area contributed by atoms with Crippen LogP contribution in [0.15, 0.2) is 18.2 Å². The van der Waals surface area contributed by atoms with E-state index in [0.29, 0.717) is 18.3 Å². The number of nitrogens with zero attached hydrogens (tertiary/aromatic N) is 1. The average molecular weight is 249 g/mol. The summed E-state index contributed by atoms with van der Waals surface area (Å²) in [6.45, 7) is 4.60. The highest BCUT2D eigenvalue weighted by Crippen LogP contribution is 2.19. The third-order valence-corrected chi connectivity index (χ3v) is 2.98. The Balaban J connectivity index is 2.00. The molecule has 2 rings (SSSR count). The lowest BCUT2D eigenvalue weighted by molar-refractivity contribution is 0.00478. The minimum atomic E-state index is -0.184. The second-order valence-electron chi connectivity index (χ2n) is 4.88. The molecule has 0 aliphatic rings. The predicted molar refractivity (Wildman–Crippen MR) is 71.7 cm³/mol. The number of hydrogen-bond donors (Lipinski definition) is 2. The minimum absolute atomic E-state index is 0.184. The van der Waals surface area contributed by atoms with E-state index >= 15 is 0 Å². The van der Waals surface area contributed by atoms with Crippen molar-refractivity contribution in [3.63, 3.8) is 0 Å². The summed E-state index contributed by atoms with van der Waals surface area (Å²) >= 11 is 0. The molecule has 98 valence electrons. The van der Waals surface area contributed by atoms with Gasteiger partial charge in [0.05, 0.1) is 23.2 Å². The number of rotatable bonds is 5. The lowest BCUT2D eigenvalue weighted by Crippen LogP contribution is -2.25. The molecule has 0 radical (unpaired) electrons. The first-order valence-corrected chi connectivity index (χ1v) is 5.93. The second kappa shape index (κ2) is 4.86. The van der Waals surface area contributed by atoms with Crippen LogP contribution in [0.25, 0.3) is 11.0 Å². The standard InChI is InChI=1S/C13H19N3O2/c1-13(2,17-3)6-7-18-12-15-10-5-4-9(14)8-11(10)16-12/h4-5,8H,6-7,14H2,1-3H3,(H,15,16). The van der Waals surface area contributed by atoms with Crippen LogP contribution in [0.5, 0.6) is 6.01 Å². The molecule has 0 fully saturated rings. The number of H-pyrrole nitrogens is 1. The van der Waals surface area contributed by atoms with Gasteiger partial charge in [-0.15, -0.1) is 0 Å². The zero-order chi connectivity index (χ0) is 13.2. The van der Waals surface area contributed by atoms with Crippen LogP contribution in [-0.4, -0.2) is 29.3 Å². The van der Waals surface area contributed by atoms with E-state index in [0.717, 1.165) is 17.5 Å². The van der Waals surface area contributed by atoms with Crippen molar-refractivity contribution in [2.24, 2.45) is 0 Å². The van der Waals surface area contributed by atoms with Crippen molar-refractivity contribution in [2.45, 2.75) is 25.9 Å². The van der Waals surface area contributed by atoms with Crippen molar-refractivity contribution in [3.05, 3.63) is 18.2 Å². The molecule has 3 N–H and O–H groups in total. The van der Waals surface area contributed by atoms with Gasteiger partial charge in [0.2, 0.25) is 0 Å². The number of nitrogens with one attached hydrogen (secondary N) is 1. The van der Waals surface area contributed by atoms with Crippen LogP contribution in [-0.2, 0) is 4.74 Å². The molecular formula is C13H19N3O2. The highest BCUT2D eigenvalue weighted by Gasteiger charge is 2.16. The van der Waals surface area contributed by atoms with Crippen LogP contribution >= 0.6 is 0 Å². The molecule has 0 unspecified atom stereocenters. The highest BCUT2D eigenvalue weighted by molar-refractivity contribution is 5.79. The van der Waals surface area contributed by atoms with Crippen LogP contribution in [0.4, 0.5) is 5.69 Å². The van der Waals surface area contributed by atoms with E-state index in [1.54, 1.807) is 7.11 Å². The Morgan fingerprint density at radius 2 is 2.17 bits per heavy atom. The number of anilines is 1. The summed E-state index contributed by atoms with van der Waals surface area (Å²) in [4.78, 5) is 7.41. The van der Waals surface area contributed by atoms with Gasteiger partial charge in [-0.25, -0.2) is 0 Å². The molecule has 0 atom stereocenters. The quantitative estimate of drug-likeness (QED) is 0.798. The van der Waals surface area contributed by atoms with E-state index in [4.69, 9.17) is 15.2 Å². The number of fused-ring (bicyclic) bond motifs is 1. The predicted octanol–water partition coefficient (Wildman–Crippen LogP) is 2.34. The molecule has 1 aromatic carbocycles. The van der Waals surface area contributed by atoms with Crippen molar-refractivity contribution in [1.82, 2.24) is 9.97 Å². The largest absolute Gasteiger partial charge is 0.465 e. The third kappa shape index (κ3) is 2.92. The van der Waals surface area contributed by atoms with E-state index < -0.39 is 0 Å². The maximum Gasteiger partial charge on any atom is 0.294 e. The lowest BCUT2D eigenvalue weighted by Gasteiger charge is -2.22. The SMILES string of the molecule is COC(C)(C)CCOc1nc2ccc(N)cc2[nH]1. The van der Waals surface area contributed by atoms with Gasteiger partial charge in [0.25, 0.3) is 6.01 Å². The Hall–Kier alpha value is -1.75. The summed E-state index contributed by atoms with van der Waals surface area (Å²) in [7, 11) is 1.70. The summed E-state index contributed by atoms with van der Waals surface area (Å²) in [6, 6.07) is 6.05. The van der Waals surface area contributed by atoms with E-state index in [1.165, 1.54) is 0 Å². The topological polar surface area (TPSA) is 73.2 Å². The summed E-state index contributed by atoms with van der Waals surface area (Å²) < 4.78 is 10.9. The zero-order valence-electron chi connectivity index (χ0n) is 11.0. The highest BCUT2D eigenvalue weighted by atomic mass is 16.5. The molecule has 1 aromatic heterocycles. The Kier molecular flexibility index (Phi) is 3.43. The third-order valence-electron chi connectivity index (χ3n) is 2.98. The van der Waals surface area contributed by atoms with Crippen molar-refractivity contribution in [3.8, 4) is 6.01 Å². The van der Waals surface area contributed by atoms with E-state index in [-0.39, 0.29) is 5.60 Å². The van der Waals surface area contributed by atoms with E-state index in [1.807, 2.05) is 32.0 Å².